The van der Waals surface area contributed by atoms with Crippen molar-refractivity contribution in [2.45, 2.75) is 18.5 Å². The van der Waals surface area contributed by atoms with Gasteiger partial charge in [-0.05, 0) is 53.1 Å². The molecule has 0 spiro atoms. The van der Waals surface area contributed by atoms with Gasteiger partial charge in [0.2, 0.25) is 5.91 Å². The first-order chi connectivity index (χ1) is 16.0. The molecule has 2 unspecified atom stereocenters. The minimum absolute atomic E-state index is 0.226. The van der Waals surface area contributed by atoms with Crippen molar-refractivity contribution in [1.82, 2.24) is 9.88 Å². The van der Waals surface area contributed by atoms with Crippen molar-refractivity contribution in [2.24, 2.45) is 12.8 Å². The molecule has 1 aromatic carbocycles. The number of pyridine rings is 1. The number of carbonyl (C=O) groups excluding carboxylic acids is 1. The molecular weight excluding hydrogens is 476 g/mol. The van der Waals surface area contributed by atoms with Gasteiger partial charge in [0.1, 0.15) is 6.04 Å². The monoisotopic (exact) mass is 498 g/mol. The largest absolute Gasteiger partial charge is 0.373 e. The number of benzene rings is 1. The summed E-state index contributed by atoms with van der Waals surface area (Å²) in [4.78, 5) is 27.7. The van der Waals surface area contributed by atoms with Crippen molar-refractivity contribution in [3.05, 3.63) is 86.5 Å². The van der Waals surface area contributed by atoms with Crippen LogP contribution in [0.15, 0.2) is 64.7 Å². The number of fused-ring (bicyclic) bond motifs is 2. The average Bonchev–Trinajstić information content (AvgIpc) is 3.06. The number of anilines is 1. The number of carbonyl (C=O) groups is 1. The van der Waals surface area contributed by atoms with Crippen LogP contribution in [0.25, 0.3) is 11.3 Å². The maximum atomic E-state index is 13.4. The third kappa shape index (κ3) is 3.74. The number of hydrogen-bond donors (Lipinski definition) is 2. The van der Waals surface area contributed by atoms with E-state index in [2.05, 4.69) is 5.32 Å². The predicted molar refractivity (Wildman–Crippen MR) is 133 cm³/mol. The maximum Gasteiger partial charge on any atom is 0.260 e. The Hall–Kier alpha value is -3.30. The zero-order valence-electron chi connectivity index (χ0n) is 18.6. The number of amides is 1. The first-order valence-corrected chi connectivity index (χ1v) is 13.1. The van der Waals surface area contributed by atoms with E-state index in [0.717, 1.165) is 16.8 Å². The molecular formula is C24H23ClN4O4S. The molecule has 3 N–H and O–H groups in total. The number of halogens is 1. The Balaban J connectivity index is 1.80. The molecule has 3 heterocycles. The summed E-state index contributed by atoms with van der Waals surface area (Å²) in [6.07, 6.45) is 6.92. The summed E-state index contributed by atoms with van der Waals surface area (Å²) in [6.45, 7) is 0. The molecule has 176 valence electrons. The fraction of sp³-hybridized carbons (Fsp3) is 0.250. The normalized spacial score (nSPS) is 21.2. The molecule has 1 aromatic heterocycles. The van der Waals surface area contributed by atoms with Crippen molar-refractivity contribution < 1.29 is 13.2 Å². The molecule has 8 nitrogen and oxygen atoms in total. The van der Waals surface area contributed by atoms with E-state index in [9.17, 15) is 18.0 Å². The fourth-order valence-electron chi connectivity index (χ4n) is 4.90. The van der Waals surface area contributed by atoms with Crippen LogP contribution in [-0.2, 0) is 21.7 Å². The van der Waals surface area contributed by atoms with Gasteiger partial charge in [-0.1, -0.05) is 11.6 Å². The van der Waals surface area contributed by atoms with Gasteiger partial charge in [0.15, 0.2) is 9.84 Å². The van der Waals surface area contributed by atoms with E-state index in [1.165, 1.54) is 10.8 Å². The summed E-state index contributed by atoms with van der Waals surface area (Å²) in [5.41, 5.74) is 9.78. The molecule has 0 saturated carbocycles. The Kier molecular flexibility index (Phi) is 5.22. The van der Waals surface area contributed by atoms with Crippen molar-refractivity contribution in [2.75, 3.05) is 16.9 Å². The second-order valence-electron chi connectivity index (χ2n) is 8.87. The molecule has 5 rings (SSSR count). The lowest BCUT2D eigenvalue weighted by molar-refractivity contribution is -0.120. The highest BCUT2D eigenvalue weighted by atomic mass is 35.5. The van der Waals surface area contributed by atoms with E-state index in [1.807, 2.05) is 29.3 Å². The van der Waals surface area contributed by atoms with E-state index in [0.29, 0.717) is 33.8 Å². The number of aryl methyl sites for hydroxylation is 1. The fourth-order valence-corrected chi connectivity index (χ4v) is 5.83. The van der Waals surface area contributed by atoms with Gasteiger partial charge in [-0.25, -0.2) is 8.42 Å². The summed E-state index contributed by atoms with van der Waals surface area (Å²) in [7, 11) is -1.76. The van der Waals surface area contributed by atoms with Gasteiger partial charge in [-0.2, -0.15) is 0 Å². The molecule has 0 radical (unpaired) electrons. The predicted octanol–water partition coefficient (Wildman–Crippen LogP) is 1.81. The minimum atomic E-state index is -3.40. The number of hydrogen-bond acceptors (Lipinski definition) is 6. The number of aromatic nitrogens is 1. The van der Waals surface area contributed by atoms with Crippen LogP contribution in [0.3, 0.4) is 0 Å². The summed E-state index contributed by atoms with van der Waals surface area (Å²) < 4.78 is 26.0. The highest BCUT2D eigenvalue weighted by Crippen LogP contribution is 2.45. The van der Waals surface area contributed by atoms with Gasteiger partial charge in [0.25, 0.3) is 5.56 Å². The van der Waals surface area contributed by atoms with E-state index in [4.69, 9.17) is 17.3 Å². The molecule has 1 aliphatic carbocycles. The van der Waals surface area contributed by atoms with Crippen LogP contribution >= 0.6 is 11.6 Å². The van der Waals surface area contributed by atoms with Crippen molar-refractivity contribution in [1.29, 1.82) is 0 Å². The zero-order valence-corrected chi connectivity index (χ0v) is 20.2. The van der Waals surface area contributed by atoms with Crippen LogP contribution in [0.5, 0.6) is 0 Å². The van der Waals surface area contributed by atoms with Gasteiger partial charge in [0.05, 0.1) is 23.1 Å². The van der Waals surface area contributed by atoms with Crippen LogP contribution in [0.4, 0.5) is 5.69 Å². The van der Waals surface area contributed by atoms with Crippen molar-refractivity contribution in [3.63, 3.8) is 0 Å². The van der Waals surface area contributed by atoms with Crippen molar-refractivity contribution in [3.8, 4) is 0 Å². The van der Waals surface area contributed by atoms with E-state index in [1.54, 1.807) is 31.4 Å². The van der Waals surface area contributed by atoms with E-state index in [-0.39, 0.29) is 17.4 Å². The molecule has 3 aliphatic rings. The zero-order chi connectivity index (χ0) is 24.4. The van der Waals surface area contributed by atoms with Crippen molar-refractivity contribution >= 4 is 44.3 Å². The lowest BCUT2D eigenvalue weighted by Gasteiger charge is -2.36. The van der Waals surface area contributed by atoms with Crippen LogP contribution in [0, 0.1) is 0 Å². The Morgan fingerprint density at radius 1 is 1.24 bits per heavy atom. The van der Waals surface area contributed by atoms with Crippen LogP contribution in [0.2, 0.25) is 5.02 Å². The highest BCUT2D eigenvalue weighted by molar-refractivity contribution is 7.91. The minimum Gasteiger partial charge on any atom is -0.373 e. The molecule has 1 amide bonds. The van der Waals surface area contributed by atoms with Gasteiger partial charge in [-0.3, -0.25) is 9.59 Å². The topological polar surface area (TPSA) is 114 Å². The third-order valence-corrected chi connectivity index (χ3v) is 7.47. The maximum absolute atomic E-state index is 13.4. The van der Waals surface area contributed by atoms with Crippen LogP contribution in [0.1, 0.15) is 17.5 Å². The second-order valence-corrected chi connectivity index (χ2v) is 11.4. The van der Waals surface area contributed by atoms with Gasteiger partial charge in [-0.15, -0.1) is 0 Å². The number of primary amides is 1. The molecule has 2 aromatic rings. The first kappa shape index (κ1) is 22.5. The number of allylic oxidation sites excluding steroid dienone is 1. The lowest BCUT2D eigenvalue weighted by Crippen LogP contribution is -2.50. The Labute approximate surface area is 201 Å². The molecule has 0 saturated heterocycles. The van der Waals surface area contributed by atoms with Gasteiger partial charge in [0, 0.05) is 48.4 Å². The van der Waals surface area contributed by atoms with Crippen LogP contribution in [-0.4, -0.2) is 43.0 Å². The highest BCUT2D eigenvalue weighted by Gasteiger charge is 2.42. The summed E-state index contributed by atoms with van der Waals surface area (Å²) >= 11 is 6.08. The Morgan fingerprint density at radius 3 is 2.59 bits per heavy atom. The number of nitrogens with two attached hydrogens (primary N) is 1. The molecule has 0 fully saturated rings. The number of sulfone groups is 1. The summed E-state index contributed by atoms with van der Waals surface area (Å²) in [5.74, 6) is -0.755. The van der Waals surface area contributed by atoms with Gasteiger partial charge < -0.3 is 20.5 Å². The average molecular weight is 499 g/mol. The Bertz CT molecular complexity index is 1490. The van der Waals surface area contributed by atoms with Gasteiger partial charge >= 0.3 is 0 Å². The molecule has 10 heteroatoms. The van der Waals surface area contributed by atoms with Crippen LogP contribution < -0.4 is 21.5 Å². The smallest absolute Gasteiger partial charge is 0.260 e. The second kappa shape index (κ2) is 7.89. The lowest BCUT2D eigenvalue weighted by atomic mass is 9.88. The van der Waals surface area contributed by atoms with E-state index < -0.39 is 21.8 Å². The standard InChI is InChI=1S/C24H23ClN4O4S/c1-28-8-7-17-14(12-34(2,32)33)9-13-11-29(16-5-3-15(25)4-6-16)19-10-18(23(26)30)27-22(20(13)19)21(17)24(28)31/h3-9,11,18-19,27H,10,12H2,1-2H3,(H2,26,30). The molecule has 2 aliphatic heterocycles. The Morgan fingerprint density at radius 2 is 1.94 bits per heavy atom. The molecule has 0 bridgehead atoms. The number of nitrogens with one attached hydrogen (secondary N) is 1. The number of nitrogens with zero attached hydrogens (tertiary/aromatic N) is 2. The summed E-state index contributed by atoms with van der Waals surface area (Å²) in [6, 6.07) is 8.06. The van der Waals surface area contributed by atoms with E-state index >= 15 is 0 Å². The summed E-state index contributed by atoms with van der Waals surface area (Å²) in [5, 5.41) is 3.80. The molecule has 34 heavy (non-hydrogen) atoms. The first-order valence-electron chi connectivity index (χ1n) is 10.7. The quantitative estimate of drug-likeness (QED) is 0.664. The third-order valence-electron chi connectivity index (χ3n) is 6.38. The molecule has 2 atom stereocenters. The number of rotatable bonds is 4. The SMILES string of the molecule is Cn1ccc2c(c1=O)C1=C3C(=CN(c4ccc(Cl)cc4)C3CC(C(N)=O)N1)C=C2CS(C)(=O)=O.